The maximum atomic E-state index is 9.65. The van der Waals surface area contributed by atoms with Crippen molar-refractivity contribution in [1.82, 2.24) is 20.4 Å². The third-order valence-electron chi connectivity index (χ3n) is 4.01. The molecule has 2 heterocycles. The number of guanidine groups is 1. The quantitative estimate of drug-likeness (QED) is 0.389. The van der Waals surface area contributed by atoms with Crippen LogP contribution in [0.4, 0.5) is 0 Å². The summed E-state index contributed by atoms with van der Waals surface area (Å²) in [6, 6.07) is 7.32. The Hall–Kier alpha value is -1.39. The number of aliphatic imine (C=N–C) groups is 1. The molecule has 2 aromatic rings. The van der Waals surface area contributed by atoms with Crippen molar-refractivity contribution >= 4 is 41.5 Å². The van der Waals surface area contributed by atoms with Crippen molar-refractivity contribution in [3.05, 3.63) is 35.2 Å². The van der Waals surface area contributed by atoms with E-state index in [9.17, 15) is 5.11 Å². The lowest BCUT2D eigenvalue weighted by molar-refractivity contribution is 0.108. The first kappa shape index (κ1) is 20.9. The summed E-state index contributed by atoms with van der Waals surface area (Å²) in [6.07, 6.45) is 1.30. The summed E-state index contributed by atoms with van der Waals surface area (Å²) < 4.78 is 5.29. The highest BCUT2D eigenvalue weighted by molar-refractivity contribution is 14.0. The normalized spacial score (nSPS) is 15.7. The topological polar surface area (TPSA) is 86.8 Å². The number of hydrogen-bond donors (Lipinski definition) is 2. The molecule has 3 rings (SSSR count). The molecule has 1 fully saturated rings. The summed E-state index contributed by atoms with van der Waals surface area (Å²) in [4.78, 5) is 11.1. The Kier molecular flexibility index (Phi) is 8.11. The fourth-order valence-corrected chi connectivity index (χ4v) is 2.90. The second-order valence-electron chi connectivity index (χ2n) is 5.91. The zero-order chi connectivity index (χ0) is 17.6. The average Bonchev–Trinajstić information content (AvgIpc) is 3.08. The molecule has 0 spiro atoms. The highest BCUT2D eigenvalue weighted by Gasteiger charge is 2.20. The number of rotatable bonds is 4. The van der Waals surface area contributed by atoms with Crippen LogP contribution in [-0.4, -0.2) is 51.8 Å². The summed E-state index contributed by atoms with van der Waals surface area (Å²) in [6.45, 7) is 4.66. The van der Waals surface area contributed by atoms with E-state index in [1.54, 1.807) is 12.1 Å². The second-order valence-corrected chi connectivity index (χ2v) is 6.35. The van der Waals surface area contributed by atoms with Gasteiger partial charge in [-0.2, -0.15) is 4.98 Å². The Morgan fingerprint density at radius 3 is 2.88 bits per heavy atom. The van der Waals surface area contributed by atoms with Gasteiger partial charge in [0.1, 0.15) is 6.54 Å². The van der Waals surface area contributed by atoms with Crippen LogP contribution in [-0.2, 0) is 6.54 Å². The molecule has 7 nitrogen and oxygen atoms in total. The Bertz CT molecular complexity index is 731. The van der Waals surface area contributed by atoms with Gasteiger partial charge in [0.25, 0.3) is 0 Å². The molecule has 0 bridgehead atoms. The third kappa shape index (κ3) is 5.55. The molecule has 1 aromatic heterocycles. The lowest BCUT2D eigenvalue weighted by atomic mass is 10.1. The van der Waals surface area contributed by atoms with Gasteiger partial charge in [-0.25, -0.2) is 4.99 Å². The lowest BCUT2D eigenvalue weighted by Crippen LogP contribution is -2.46. The van der Waals surface area contributed by atoms with Gasteiger partial charge in [0, 0.05) is 30.2 Å². The first-order valence-electron chi connectivity index (χ1n) is 8.45. The number of aliphatic hydroxyl groups is 1. The van der Waals surface area contributed by atoms with Crippen LogP contribution in [0.2, 0.25) is 5.02 Å². The van der Waals surface area contributed by atoms with Gasteiger partial charge in [-0.3, -0.25) is 0 Å². The van der Waals surface area contributed by atoms with E-state index in [0.29, 0.717) is 23.3 Å². The van der Waals surface area contributed by atoms with Crippen LogP contribution in [0.15, 0.2) is 33.8 Å². The standard InChI is InChI=1S/C17H22ClN5O2.HI/c1-2-19-17(23-8-6-14(24)7-9-23)20-11-15-21-16(22-25-15)12-4-3-5-13(18)10-12;/h3-5,10,14,24H,2,6-9,11H2,1H3,(H,19,20);1H. The van der Waals surface area contributed by atoms with Crippen molar-refractivity contribution in [2.45, 2.75) is 32.4 Å². The van der Waals surface area contributed by atoms with Gasteiger partial charge < -0.3 is 19.8 Å². The van der Waals surface area contributed by atoms with Crippen LogP contribution in [0.1, 0.15) is 25.7 Å². The van der Waals surface area contributed by atoms with E-state index in [1.807, 2.05) is 19.1 Å². The van der Waals surface area contributed by atoms with E-state index in [4.69, 9.17) is 16.1 Å². The van der Waals surface area contributed by atoms with E-state index >= 15 is 0 Å². The first-order chi connectivity index (χ1) is 12.2. The highest BCUT2D eigenvalue weighted by atomic mass is 127. The number of nitrogens with one attached hydrogen (secondary N) is 1. The fourth-order valence-electron chi connectivity index (χ4n) is 2.71. The van der Waals surface area contributed by atoms with E-state index < -0.39 is 0 Å². The van der Waals surface area contributed by atoms with Gasteiger partial charge in [0.15, 0.2) is 5.96 Å². The van der Waals surface area contributed by atoms with Gasteiger partial charge >= 0.3 is 0 Å². The number of aromatic nitrogens is 2. The fraction of sp³-hybridized carbons (Fsp3) is 0.471. The van der Waals surface area contributed by atoms with Gasteiger partial charge in [-0.05, 0) is 31.9 Å². The van der Waals surface area contributed by atoms with Crippen LogP contribution < -0.4 is 5.32 Å². The second kappa shape index (κ2) is 10.1. The molecule has 0 amide bonds. The van der Waals surface area contributed by atoms with Crippen molar-refractivity contribution in [1.29, 1.82) is 0 Å². The van der Waals surface area contributed by atoms with Crippen LogP contribution in [0, 0.1) is 0 Å². The number of halogens is 2. The van der Waals surface area contributed by atoms with Crippen LogP contribution >= 0.6 is 35.6 Å². The van der Waals surface area contributed by atoms with Gasteiger partial charge in [-0.1, -0.05) is 28.9 Å². The van der Waals surface area contributed by atoms with E-state index in [0.717, 1.165) is 44.0 Å². The molecule has 0 aliphatic carbocycles. The minimum absolute atomic E-state index is 0. The van der Waals surface area contributed by atoms with E-state index in [2.05, 4.69) is 25.3 Å². The SMILES string of the molecule is CCNC(=NCc1nc(-c2cccc(Cl)c2)no1)N1CCC(O)CC1.I. The molecule has 0 radical (unpaired) electrons. The molecule has 9 heteroatoms. The maximum absolute atomic E-state index is 9.65. The molecular formula is C17H23ClIN5O2. The Morgan fingerprint density at radius 2 is 2.19 bits per heavy atom. The summed E-state index contributed by atoms with van der Waals surface area (Å²) in [7, 11) is 0. The highest BCUT2D eigenvalue weighted by Crippen LogP contribution is 2.20. The molecule has 26 heavy (non-hydrogen) atoms. The van der Waals surface area contributed by atoms with Crippen LogP contribution in [0.25, 0.3) is 11.4 Å². The molecule has 1 aromatic carbocycles. The molecule has 0 unspecified atom stereocenters. The molecule has 1 aliphatic heterocycles. The minimum Gasteiger partial charge on any atom is -0.393 e. The molecule has 2 N–H and O–H groups in total. The minimum atomic E-state index is -0.213. The van der Waals surface area contributed by atoms with Gasteiger partial charge in [0.05, 0.1) is 6.10 Å². The van der Waals surface area contributed by atoms with Gasteiger partial charge in [-0.15, -0.1) is 24.0 Å². The number of hydrogen-bond acceptors (Lipinski definition) is 5. The maximum Gasteiger partial charge on any atom is 0.248 e. The van der Waals surface area contributed by atoms with Crippen molar-refractivity contribution < 1.29 is 9.63 Å². The molecule has 0 saturated carbocycles. The zero-order valence-corrected chi connectivity index (χ0v) is 17.6. The van der Waals surface area contributed by atoms with Crippen molar-refractivity contribution in [3.8, 4) is 11.4 Å². The van der Waals surface area contributed by atoms with Crippen molar-refractivity contribution in [3.63, 3.8) is 0 Å². The van der Waals surface area contributed by atoms with Crippen LogP contribution in [0.5, 0.6) is 0 Å². The Labute approximate surface area is 174 Å². The number of piperidine rings is 1. The van der Waals surface area contributed by atoms with Gasteiger partial charge in [0.2, 0.25) is 11.7 Å². The van der Waals surface area contributed by atoms with E-state index in [-0.39, 0.29) is 30.1 Å². The Balaban J connectivity index is 0.00000243. The predicted octanol–water partition coefficient (Wildman–Crippen LogP) is 2.93. The molecular weight excluding hydrogens is 469 g/mol. The summed E-state index contributed by atoms with van der Waals surface area (Å²) in [5, 5.41) is 17.5. The first-order valence-corrected chi connectivity index (χ1v) is 8.83. The summed E-state index contributed by atoms with van der Waals surface area (Å²) >= 11 is 6.00. The third-order valence-corrected chi connectivity index (χ3v) is 4.25. The number of benzene rings is 1. The van der Waals surface area contributed by atoms with E-state index in [1.165, 1.54) is 0 Å². The lowest BCUT2D eigenvalue weighted by Gasteiger charge is -2.32. The average molecular weight is 492 g/mol. The van der Waals surface area contributed by atoms with Crippen LogP contribution in [0.3, 0.4) is 0 Å². The van der Waals surface area contributed by atoms with Crippen molar-refractivity contribution in [2.24, 2.45) is 4.99 Å². The molecule has 1 aliphatic rings. The zero-order valence-electron chi connectivity index (χ0n) is 14.6. The molecule has 0 atom stereocenters. The molecule has 1 saturated heterocycles. The Morgan fingerprint density at radius 1 is 1.42 bits per heavy atom. The monoisotopic (exact) mass is 491 g/mol. The summed E-state index contributed by atoms with van der Waals surface area (Å²) in [5.74, 6) is 1.75. The summed E-state index contributed by atoms with van der Waals surface area (Å²) in [5.41, 5.74) is 0.809. The largest absolute Gasteiger partial charge is 0.393 e. The predicted molar refractivity (Wildman–Crippen MR) is 112 cm³/mol. The number of aliphatic hydroxyl groups excluding tert-OH is 1. The number of likely N-dealkylation sites (tertiary alicyclic amines) is 1. The number of nitrogens with zero attached hydrogens (tertiary/aromatic N) is 4. The molecule has 142 valence electrons. The van der Waals surface area contributed by atoms with Crippen molar-refractivity contribution in [2.75, 3.05) is 19.6 Å². The smallest absolute Gasteiger partial charge is 0.248 e.